The number of rotatable bonds is 4. The lowest BCUT2D eigenvalue weighted by atomic mass is 9.73. The Balaban J connectivity index is 2.39. The van der Waals surface area contributed by atoms with Crippen molar-refractivity contribution in [2.75, 3.05) is 6.54 Å². The fraction of sp³-hybridized carbons (Fsp3) is 1.00. The van der Waals surface area contributed by atoms with Crippen molar-refractivity contribution in [2.45, 2.75) is 65.0 Å². The van der Waals surface area contributed by atoms with Gasteiger partial charge in [0.15, 0.2) is 0 Å². The van der Waals surface area contributed by atoms with Crippen LogP contribution in [0.2, 0.25) is 0 Å². The van der Waals surface area contributed by atoms with Gasteiger partial charge in [-0.2, -0.15) is 0 Å². The molecule has 84 valence electrons. The van der Waals surface area contributed by atoms with Crippen molar-refractivity contribution in [3.63, 3.8) is 0 Å². The van der Waals surface area contributed by atoms with Crippen molar-refractivity contribution in [1.82, 2.24) is 5.32 Å². The van der Waals surface area contributed by atoms with Crippen LogP contribution in [-0.2, 0) is 0 Å². The number of nitrogens with one attached hydrogen (secondary N) is 1. The molecule has 3 atom stereocenters. The van der Waals surface area contributed by atoms with Gasteiger partial charge in [0.05, 0.1) is 6.10 Å². The van der Waals surface area contributed by atoms with Gasteiger partial charge < -0.3 is 10.4 Å². The summed E-state index contributed by atoms with van der Waals surface area (Å²) in [4.78, 5) is 0. The first-order chi connectivity index (χ1) is 6.58. The van der Waals surface area contributed by atoms with Gasteiger partial charge in [-0.3, -0.25) is 0 Å². The number of hydrogen-bond donors (Lipinski definition) is 2. The Labute approximate surface area is 88.1 Å². The second-order valence-electron chi connectivity index (χ2n) is 5.11. The Morgan fingerprint density at radius 3 is 2.79 bits per heavy atom. The van der Waals surface area contributed by atoms with Crippen LogP contribution >= 0.6 is 0 Å². The van der Waals surface area contributed by atoms with Crippen LogP contribution in [0.3, 0.4) is 0 Å². The van der Waals surface area contributed by atoms with Crippen LogP contribution in [0.1, 0.15) is 52.9 Å². The third kappa shape index (κ3) is 2.96. The maximum Gasteiger partial charge on any atom is 0.0605 e. The maximum absolute atomic E-state index is 9.97. The zero-order valence-electron chi connectivity index (χ0n) is 9.84. The lowest BCUT2D eigenvalue weighted by Crippen LogP contribution is -2.45. The molecular weight excluding hydrogens is 174 g/mol. The molecule has 1 aliphatic carbocycles. The quantitative estimate of drug-likeness (QED) is 0.728. The van der Waals surface area contributed by atoms with Crippen LogP contribution in [0, 0.1) is 5.41 Å². The van der Waals surface area contributed by atoms with Gasteiger partial charge >= 0.3 is 0 Å². The fourth-order valence-electron chi connectivity index (χ4n) is 2.14. The molecule has 0 aliphatic heterocycles. The van der Waals surface area contributed by atoms with Crippen LogP contribution in [0.25, 0.3) is 0 Å². The molecule has 0 bridgehead atoms. The van der Waals surface area contributed by atoms with Gasteiger partial charge in [-0.25, -0.2) is 0 Å². The van der Waals surface area contributed by atoms with Crippen molar-refractivity contribution in [2.24, 2.45) is 5.41 Å². The molecule has 1 aliphatic rings. The predicted octanol–water partition coefficient (Wildman–Crippen LogP) is 2.32. The topological polar surface area (TPSA) is 32.3 Å². The molecule has 0 heterocycles. The van der Waals surface area contributed by atoms with E-state index in [1.54, 1.807) is 0 Å². The Kier molecular flexibility index (Phi) is 4.39. The minimum absolute atomic E-state index is 0.104. The van der Waals surface area contributed by atoms with Gasteiger partial charge in [0.1, 0.15) is 0 Å². The minimum Gasteiger partial charge on any atom is -0.393 e. The van der Waals surface area contributed by atoms with Crippen molar-refractivity contribution >= 4 is 0 Å². The summed E-state index contributed by atoms with van der Waals surface area (Å²) in [5.74, 6) is 0. The zero-order chi connectivity index (χ0) is 10.6. The Bertz CT molecular complexity index is 172. The van der Waals surface area contributed by atoms with E-state index in [1.165, 1.54) is 12.8 Å². The molecule has 3 unspecified atom stereocenters. The van der Waals surface area contributed by atoms with Gasteiger partial charge in [-0.15, -0.1) is 0 Å². The van der Waals surface area contributed by atoms with Gasteiger partial charge in [0, 0.05) is 18.0 Å². The van der Waals surface area contributed by atoms with Gasteiger partial charge in [-0.05, 0) is 26.2 Å². The normalized spacial score (nSPS) is 35.6. The van der Waals surface area contributed by atoms with E-state index in [2.05, 4.69) is 26.1 Å². The van der Waals surface area contributed by atoms with E-state index >= 15 is 0 Å². The van der Waals surface area contributed by atoms with E-state index in [0.29, 0.717) is 6.04 Å². The monoisotopic (exact) mass is 199 g/mol. The minimum atomic E-state index is -0.104. The molecule has 14 heavy (non-hydrogen) atoms. The first-order valence-electron chi connectivity index (χ1n) is 6.00. The summed E-state index contributed by atoms with van der Waals surface area (Å²) < 4.78 is 0. The van der Waals surface area contributed by atoms with E-state index in [9.17, 15) is 5.11 Å². The van der Waals surface area contributed by atoms with E-state index < -0.39 is 0 Å². The van der Waals surface area contributed by atoms with Crippen LogP contribution in [-0.4, -0.2) is 23.8 Å². The molecular formula is C12H25NO. The van der Waals surface area contributed by atoms with Crippen molar-refractivity contribution in [3.8, 4) is 0 Å². The average molecular weight is 199 g/mol. The molecule has 0 radical (unpaired) electrons. The molecule has 2 heteroatoms. The number of aliphatic hydroxyl groups excluding tert-OH is 1. The van der Waals surface area contributed by atoms with Gasteiger partial charge in [0.25, 0.3) is 0 Å². The summed E-state index contributed by atoms with van der Waals surface area (Å²) in [6, 6.07) is 0.570. The highest BCUT2D eigenvalue weighted by Gasteiger charge is 2.34. The SMILES string of the molecule is CCC(C)NCC1(C)CCCCC1O. The van der Waals surface area contributed by atoms with Crippen molar-refractivity contribution in [1.29, 1.82) is 0 Å². The average Bonchev–Trinajstić information content (AvgIpc) is 2.19. The van der Waals surface area contributed by atoms with Crippen molar-refractivity contribution in [3.05, 3.63) is 0 Å². The summed E-state index contributed by atoms with van der Waals surface area (Å²) in [7, 11) is 0. The summed E-state index contributed by atoms with van der Waals surface area (Å²) in [5.41, 5.74) is 0.113. The fourth-order valence-corrected chi connectivity index (χ4v) is 2.14. The number of hydrogen-bond acceptors (Lipinski definition) is 2. The lowest BCUT2D eigenvalue weighted by molar-refractivity contribution is -0.0000171. The van der Waals surface area contributed by atoms with Crippen molar-refractivity contribution < 1.29 is 5.11 Å². The Hall–Kier alpha value is -0.0800. The molecule has 1 rings (SSSR count). The van der Waals surface area contributed by atoms with Crippen LogP contribution in [0.15, 0.2) is 0 Å². The van der Waals surface area contributed by atoms with Gasteiger partial charge in [-0.1, -0.05) is 26.7 Å². The molecule has 0 amide bonds. The molecule has 0 saturated heterocycles. The Morgan fingerprint density at radius 2 is 2.21 bits per heavy atom. The van der Waals surface area contributed by atoms with E-state index in [4.69, 9.17) is 0 Å². The molecule has 2 N–H and O–H groups in total. The number of aliphatic hydroxyl groups is 1. The molecule has 0 aromatic rings. The summed E-state index contributed by atoms with van der Waals surface area (Å²) >= 11 is 0. The highest BCUT2D eigenvalue weighted by molar-refractivity contribution is 4.88. The smallest absolute Gasteiger partial charge is 0.0605 e. The van der Waals surface area contributed by atoms with Gasteiger partial charge in [0.2, 0.25) is 0 Å². The van der Waals surface area contributed by atoms with Crippen LogP contribution in [0.4, 0.5) is 0 Å². The summed E-state index contributed by atoms with van der Waals surface area (Å²) in [6.07, 6.45) is 5.67. The maximum atomic E-state index is 9.97. The largest absolute Gasteiger partial charge is 0.393 e. The highest BCUT2D eigenvalue weighted by Crippen LogP contribution is 2.35. The summed E-state index contributed by atoms with van der Waals surface area (Å²) in [5, 5.41) is 13.5. The van der Waals surface area contributed by atoms with Crippen LogP contribution < -0.4 is 5.32 Å². The first-order valence-corrected chi connectivity index (χ1v) is 6.00. The Morgan fingerprint density at radius 1 is 1.50 bits per heavy atom. The third-order valence-electron chi connectivity index (χ3n) is 3.75. The molecule has 0 aromatic heterocycles. The molecule has 0 spiro atoms. The summed E-state index contributed by atoms with van der Waals surface area (Å²) in [6.45, 7) is 7.57. The second-order valence-corrected chi connectivity index (χ2v) is 5.11. The standard InChI is InChI=1S/C12H25NO/c1-4-10(2)13-9-12(3)8-6-5-7-11(12)14/h10-11,13-14H,4-9H2,1-3H3. The predicted molar refractivity (Wildman–Crippen MR) is 60.3 cm³/mol. The van der Waals surface area contributed by atoms with E-state index in [0.717, 1.165) is 25.8 Å². The first kappa shape index (κ1) is 12.0. The lowest BCUT2D eigenvalue weighted by Gasteiger charge is -2.39. The molecule has 2 nitrogen and oxygen atoms in total. The molecule has 1 saturated carbocycles. The molecule has 1 fully saturated rings. The second kappa shape index (κ2) is 5.13. The zero-order valence-corrected chi connectivity index (χ0v) is 9.84. The van der Waals surface area contributed by atoms with Crippen LogP contribution in [0.5, 0.6) is 0 Å². The highest BCUT2D eigenvalue weighted by atomic mass is 16.3. The molecule has 0 aromatic carbocycles. The third-order valence-corrected chi connectivity index (χ3v) is 3.75. The van der Waals surface area contributed by atoms with E-state index in [1.807, 2.05) is 0 Å². The van der Waals surface area contributed by atoms with E-state index in [-0.39, 0.29) is 11.5 Å².